The van der Waals surface area contributed by atoms with Crippen LogP contribution >= 0.6 is 11.3 Å². The van der Waals surface area contributed by atoms with Crippen LogP contribution in [0.25, 0.3) is 0 Å². The maximum Gasteiger partial charge on any atom is 0.193 e. The Hall–Kier alpha value is -1.27. The third-order valence-corrected chi connectivity index (χ3v) is 4.74. The molecule has 1 aromatic rings. The van der Waals surface area contributed by atoms with Gasteiger partial charge in [0.05, 0.1) is 5.00 Å². The van der Waals surface area contributed by atoms with Crippen molar-refractivity contribution in [2.45, 2.75) is 19.8 Å². The number of nitrogens with zero attached hydrogens (tertiary/aromatic N) is 3. The number of unbranched alkanes of at least 4 members (excludes halogenated alkanes) is 1. The Labute approximate surface area is 138 Å². The summed E-state index contributed by atoms with van der Waals surface area (Å²) < 4.78 is 5.36. The summed E-state index contributed by atoms with van der Waals surface area (Å²) in [5, 5.41) is 6.99. The second-order valence-corrected chi connectivity index (χ2v) is 6.23. The van der Waals surface area contributed by atoms with E-state index in [1.54, 1.807) is 0 Å². The molecule has 0 saturated carbocycles. The normalized spacial score (nSPS) is 16.2. The molecule has 1 N–H and O–H groups in total. The average molecular weight is 324 g/mol. The fourth-order valence-electron chi connectivity index (χ4n) is 2.59. The molecule has 22 heavy (non-hydrogen) atoms. The second-order valence-electron chi connectivity index (χ2n) is 5.30. The summed E-state index contributed by atoms with van der Waals surface area (Å²) in [6.45, 7) is 8.84. The van der Waals surface area contributed by atoms with Crippen LogP contribution in [0.15, 0.2) is 22.5 Å². The molecule has 1 aromatic heterocycles. The zero-order valence-corrected chi connectivity index (χ0v) is 14.6. The van der Waals surface area contributed by atoms with Crippen LogP contribution in [-0.4, -0.2) is 63.8 Å². The molecule has 0 radical (unpaired) electrons. The van der Waals surface area contributed by atoms with Crippen LogP contribution < -0.4 is 10.2 Å². The van der Waals surface area contributed by atoms with Gasteiger partial charge in [0.15, 0.2) is 5.96 Å². The van der Waals surface area contributed by atoms with Gasteiger partial charge in [0, 0.05) is 53.0 Å². The summed E-state index contributed by atoms with van der Waals surface area (Å²) in [6.07, 6.45) is 2.22. The molecule has 1 aliphatic rings. The van der Waals surface area contributed by atoms with Gasteiger partial charge in [-0.25, -0.2) is 0 Å². The first-order chi connectivity index (χ1) is 10.8. The zero-order valence-electron chi connectivity index (χ0n) is 13.8. The largest absolute Gasteiger partial charge is 0.382 e. The number of ether oxygens (including phenoxy) is 1. The number of thiophene rings is 1. The first-order valence-electron chi connectivity index (χ1n) is 8.17. The van der Waals surface area contributed by atoms with Gasteiger partial charge in [0.2, 0.25) is 0 Å². The molecule has 0 bridgehead atoms. The number of guanidine groups is 1. The van der Waals surface area contributed by atoms with Gasteiger partial charge in [-0.3, -0.25) is 4.99 Å². The van der Waals surface area contributed by atoms with Gasteiger partial charge in [-0.1, -0.05) is 0 Å². The Morgan fingerprint density at radius 3 is 2.77 bits per heavy atom. The summed E-state index contributed by atoms with van der Waals surface area (Å²) in [7, 11) is 1.87. The summed E-state index contributed by atoms with van der Waals surface area (Å²) in [5.74, 6) is 1.03. The summed E-state index contributed by atoms with van der Waals surface area (Å²) in [6, 6.07) is 4.32. The second kappa shape index (κ2) is 9.69. The highest BCUT2D eigenvalue weighted by atomic mass is 32.1. The van der Waals surface area contributed by atoms with Gasteiger partial charge in [-0.2, -0.15) is 0 Å². The molecule has 0 aliphatic carbocycles. The Bertz CT molecular complexity index is 427. The predicted octanol–water partition coefficient (Wildman–Crippen LogP) is 2.26. The number of piperazine rings is 1. The van der Waals surface area contributed by atoms with Crippen molar-refractivity contribution in [2.75, 3.05) is 57.9 Å². The zero-order chi connectivity index (χ0) is 15.6. The molecule has 5 nitrogen and oxygen atoms in total. The first kappa shape index (κ1) is 17.1. The van der Waals surface area contributed by atoms with Gasteiger partial charge in [-0.15, -0.1) is 11.3 Å². The molecule has 0 aromatic carbocycles. The molecule has 2 heterocycles. The Morgan fingerprint density at radius 2 is 2.14 bits per heavy atom. The van der Waals surface area contributed by atoms with E-state index in [1.807, 2.05) is 25.3 Å². The third-order valence-electron chi connectivity index (χ3n) is 3.81. The third kappa shape index (κ3) is 5.18. The van der Waals surface area contributed by atoms with Gasteiger partial charge in [0.1, 0.15) is 0 Å². The van der Waals surface area contributed by atoms with Crippen LogP contribution in [0.1, 0.15) is 19.8 Å². The van der Waals surface area contributed by atoms with E-state index in [-0.39, 0.29) is 0 Å². The average Bonchev–Trinajstić information content (AvgIpc) is 3.09. The van der Waals surface area contributed by atoms with E-state index >= 15 is 0 Å². The number of anilines is 1. The molecule has 1 saturated heterocycles. The molecule has 124 valence electrons. The predicted molar refractivity (Wildman–Crippen MR) is 95.2 cm³/mol. The van der Waals surface area contributed by atoms with Gasteiger partial charge < -0.3 is 19.9 Å². The van der Waals surface area contributed by atoms with Crippen molar-refractivity contribution < 1.29 is 4.74 Å². The van der Waals surface area contributed by atoms with Crippen LogP contribution in [0.3, 0.4) is 0 Å². The van der Waals surface area contributed by atoms with Crippen molar-refractivity contribution in [1.29, 1.82) is 0 Å². The lowest BCUT2D eigenvalue weighted by atomic mass is 10.3. The van der Waals surface area contributed by atoms with E-state index < -0.39 is 0 Å². The van der Waals surface area contributed by atoms with E-state index in [4.69, 9.17) is 4.74 Å². The van der Waals surface area contributed by atoms with E-state index in [0.29, 0.717) is 0 Å². The molecule has 6 heteroatoms. The summed E-state index contributed by atoms with van der Waals surface area (Å²) >= 11 is 1.82. The van der Waals surface area contributed by atoms with Crippen LogP contribution in [-0.2, 0) is 4.74 Å². The minimum absolute atomic E-state index is 0.809. The topological polar surface area (TPSA) is 40.1 Å². The van der Waals surface area contributed by atoms with Crippen LogP contribution in [0.2, 0.25) is 0 Å². The van der Waals surface area contributed by atoms with Crippen LogP contribution in [0, 0.1) is 0 Å². The van der Waals surface area contributed by atoms with Crippen LogP contribution in [0.5, 0.6) is 0 Å². The highest BCUT2D eigenvalue weighted by Crippen LogP contribution is 2.22. The number of rotatable bonds is 7. The van der Waals surface area contributed by atoms with E-state index in [2.05, 4.69) is 37.6 Å². The number of nitrogens with one attached hydrogen (secondary N) is 1. The van der Waals surface area contributed by atoms with Gasteiger partial charge in [-0.05, 0) is 37.3 Å². The number of hydrogen-bond acceptors (Lipinski definition) is 4. The molecule has 2 rings (SSSR count). The number of hydrogen-bond donors (Lipinski definition) is 1. The van der Waals surface area contributed by atoms with Crippen molar-refractivity contribution in [2.24, 2.45) is 4.99 Å². The van der Waals surface area contributed by atoms with Crippen LogP contribution in [0.4, 0.5) is 5.00 Å². The highest BCUT2D eigenvalue weighted by Gasteiger charge is 2.19. The van der Waals surface area contributed by atoms with Crippen molar-refractivity contribution in [3.05, 3.63) is 17.5 Å². The molecule has 0 spiro atoms. The highest BCUT2D eigenvalue weighted by molar-refractivity contribution is 7.14. The molecule has 0 atom stereocenters. The summed E-state index contributed by atoms with van der Waals surface area (Å²) in [4.78, 5) is 9.23. The Balaban J connectivity index is 1.67. The van der Waals surface area contributed by atoms with Crippen molar-refractivity contribution in [3.63, 3.8) is 0 Å². The maximum atomic E-state index is 5.36. The summed E-state index contributed by atoms with van der Waals surface area (Å²) in [5.41, 5.74) is 0. The Morgan fingerprint density at radius 1 is 1.32 bits per heavy atom. The maximum absolute atomic E-state index is 5.36. The minimum atomic E-state index is 0.809. The molecule has 1 aliphatic heterocycles. The fraction of sp³-hybridized carbons (Fsp3) is 0.688. The van der Waals surface area contributed by atoms with Crippen molar-refractivity contribution in [3.8, 4) is 0 Å². The SMILES string of the molecule is CCOCCCCNC(=NC)N1CCN(c2cccs2)CC1. The van der Waals surface area contributed by atoms with E-state index in [1.165, 1.54) is 5.00 Å². The van der Waals surface area contributed by atoms with E-state index in [0.717, 1.165) is 64.7 Å². The lowest BCUT2D eigenvalue weighted by Gasteiger charge is -2.37. The van der Waals surface area contributed by atoms with E-state index in [9.17, 15) is 0 Å². The number of aliphatic imine (C=N–C) groups is 1. The lowest BCUT2D eigenvalue weighted by Crippen LogP contribution is -2.52. The first-order valence-corrected chi connectivity index (χ1v) is 9.05. The van der Waals surface area contributed by atoms with Crippen molar-refractivity contribution >= 4 is 22.3 Å². The van der Waals surface area contributed by atoms with Crippen molar-refractivity contribution in [1.82, 2.24) is 10.2 Å². The molecule has 1 fully saturated rings. The van der Waals surface area contributed by atoms with Gasteiger partial charge in [0.25, 0.3) is 0 Å². The fourth-order valence-corrected chi connectivity index (χ4v) is 3.38. The Kier molecular flexibility index (Phi) is 7.53. The molecule has 0 unspecified atom stereocenters. The monoisotopic (exact) mass is 324 g/mol. The molecular formula is C16H28N4OS. The minimum Gasteiger partial charge on any atom is -0.382 e. The van der Waals surface area contributed by atoms with Gasteiger partial charge >= 0.3 is 0 Å². The molecule has 0 amide bonds. The smallest absolute Gasteiger partial charge is 0.193 e. The molecular weight excluding hydrogens is 296 g/mol. The quantitative estimate of drug-likeness (QED) is 0.474. The lowest BCUT2D eigenvalue weighted by molar-refractivity contribution is 0.143. The standard InChI is InChI=1S/C16H28N4OS/c1-3-21-13-5-4-8-18-16(17-2)20-11-9-19(10-12-20)15-7-6-14-22-15/h6-7,14H,3-5,8-13H2,1-2H3,(H,17,18).